The summed E-state index contributed by atoms with van der Waals surface area (Å²) in [4.78, 5) is 12.0. The molecule has 2 N–H and O–H groups in total. The second kappa shape index (κ2) is 12.6. The number of nitrogens with one attached hydrogen (secondary N) is 2. The Labute approximate surface area is 237 Å². The number of carbonyl (C=O) groups is 1. The molecule has 0 aliphatic carbocycles. The number of hydrogen-bond donors (Lipinski definition) is 2. The molecule has 166 valence electrons. The van der Waals surface area contributed by atoms with Gasteiger partial charge in [0.05, 0.1) is 19.9 Å². The summed E-state index contributed by atoms with van der Waals surface area (Å²) >= 11 is 18.8. The van der Waals surface area contributed by atoms with Crippen molar-refractivity contribution in [1.82, 2.24) is 5.43 Å². The highest BCUT2D eigenvalue weighted by Gasteiger charge is 2.10. The van der Waals surface area contributed by atoms with E-state index in [1.807, 2.05) is 42.5 Å². The Kier molecular flexibility index (Phi) is 10.1. The predicted molar refractivity (Wildman–Crippen MR) is 156 cm³/mol. The van der Waals surface area contributed by atoms with E-state index in [0.29, 0.717) is 16.7 Å². The number of anilines is 1. The molecule has 0 bridgehead atoms. The van der Waals surface area contributed by atoms with E-state index in [-0.39, 0.29) is 12.5 Å². The van der Waals surface area contributed by atoms with E-state index in [9.17, 15) is 4.79 Å². The van der Waals surface area contributed by atoms with Crippen LogP contribution in [-0.4, -0.2) is 18.7 Å². The fourth-order valence-electron chi connectivity index (χ4n) is 2.55. The van der Waals surface area contributed by atoms with Gasteiger partial charge in [0.15, 0.2) is 0 Å². The van der Waals surface area contributed by atoms with E-state index in [2.05, 4.69) is 83.6 Å². The quantitative estimate of drug-likeness (QED) is 0.147. The van der Waals surface area contributed by atoms with Gasteiger partial charge in [-0.2, -0.15) is 5.10 Å². The monoisotopic (exact) mass is 805 g/mol. The third-order valence-corrected chi connectivity index (χ3v) is 7.02. The molecule has 1 amide bonds. The van der Waals surface area contributed by atoms with E-state index in [4.69, 9.17) is 27.9 Å². The predicted octanol–water partition coefficient (Wildman–Crippen LogP) is 6.95. The van der Waals surface area contributed by atoms with E-state index in [1.54, 1.807) is 18.3 Å². The third-order valence-electron chi connectivity index (χ3n) is 4.11. The van der Waals surface area contributed by atoms with Crippen molar-refractivity contribution in [2.45, 2.75) is 6.61 Å². The molecule has 3 aromatic carbocycles. The lowest BCUT2D eigenvalue weighted by Crippen LogP contribution is -2.25. The normalized spacial score (nSPS) is 10.9. The molecule has 0 radical (unpaired) electrons. The van der Waals surface area contributed by atoms with Crippen molar-refractivity contribution in [1.29, 1.82) is 0 Å². The number of nitrogens with zero attached hydrogens (tertiary/aromatic N) is 1. The minimum Gasteiger partial charge on any atom is -0.487 e. The maximum atomic E-state index is 12.0. The van der Waals surface area contributed by atoms with Crippen molar-refractivity contribution in [3.8, 4) is 5.75 Å². The Bertz CT molecular complexity index is 1120. The van der Waals surface area contributed by atoms with E-state index in [0.717, 1.165) is 33.3 Å². The van der Waals surface area contributed by atoms with Gasteiger partial charge in [0.25, 0.3) is 5.91 Å². The minimum absolute atomic E-state index is 0.132. The number of amides is 1. The Balaban J connectivity index is 1.55. The first-order valence-electron chi connectivity index (χ1n) is 9.19. The molecule has 0 unspecified atom stereocenters. The highest BCUT2D eigenvalue weighted by molar-refractivity contribution is 14.1. The molecular formula is C22H16Cl2I3N3O2. The smallest absolute Gasteiger partial charge is 0.259 e. The van der Waals surface area contributed by atoms with Crippen molar-refractivity contribution in [3.05, 3.63) is 86.5 Å². The molecule has 0 saturated heterocycles. The topological polar surface area (TPSA) is 62.7 Å². The van der Waals surface area contributed by atoms with Crippen LogP contribution >= 0.6 is 91.0 Å². The van der Waals surface area contributed by atoms with Crippen LogP contribution in [0.4, 0.5) is 5.69 Å². The summed E-state index contributed by atoms with van der Waals surface area (Å²) in [5.74, 6) is 0.532. The van der Waals surface area contributed by atoms with Crippen LogP contribution in [0.3, 0.4) is 0 Å². The zero-order valence-corrected chi connectivity index (χ0v) is 24.3. The zero-order valence-electron chi connectivity index (χ0n) is 16.3. The molecule has 0 fully saturated rings. The molecule has 32 heavy (non-hydrogen) atoms. The van der Waals surface area contributed by atoms with Crippen LogP contribution in [-0.2, 0) is 11.4 Å². The zero-order chi connectivity index (χ0) is 23.1. The molecule has 3 rings (SSSR count). The third kappa shape index (κ3) is 7.89. The number of rotatable bonds is 8. The number of hydrazone groups is 1. The van der Waals surface area contributed by atoms with E-state index in [1.165, 1.54) is 0 Å². The second-order valence-corrected chi connectivity index (χ2v) is 10.9. The lowest BCUT2D eigenvalue weighted by molar-refractivity contribution is -0.119. The molecule has 0 saturated carbocycles. The fraction of sp³-hybridized carbons (Fsp3) is 0.0909. The maximum absolute atomic E-state index is 12.0. The van der Waals surface area contributed by atoms with Crippen LogP contribution in [0.5, 0.6) is 5.75 Å². The number of ether oxygens (including phenoxy) is 1. The number of hydrogen-bond acceptors (Lipinski definition) is 4. The summed E-state index contributed by atoms with van der Waals surface area (Å²) in [5.41, 5.74) is 5.11. The Morgan fingerprint density at radius 2 is 1.69 bits per heavy atom. The van der Waals surface area contributed by atoms with Gasteiger partial charge in [-0.25, -0.2) is 5.43 Å². The molecule has 3 aromatic rings. The van der Waals surface area contributed by atoms with Gasteiger partial charge in [0.2, 0.25) is 0 Å². The summed E-state index contributed by atoms with van der Waals surface area (Å²) in [7, 11) is 0. The molecular weight excluding hydrogens is 790 g/mol. The van der Waals surface area contributed by atoms with Gasteiger partial charge in [0, 0.05) is 24.9 Å². The lowest BCUT2D eigenvalue weighted by atomic mass is 10.2. The van der Waals surface area contributed by atoms with E-state index >= 15 is 0 Å². The number of benzene rings is 3. The first kappa shape index (κ1) is 25.8. The van der Waals surface area contributed by atoms with Crippen molar-refractivity contribution in [2.24, 2.45) is 5.10 Å². The van der Waals surface area contributed by atoms with E-state index < -0.39 is 0 Å². The Morgan fingerprint density at radius 3 is 2.34 bits per heavy atom. The molecule has 5 nitrogen and oxygen atoms in total. The van der Waals surface area contributed by atoms with Crippen LogP contribution in [0.2, 0.25) is 10.0 Å². The Hall–Kier alpha value is -0.830. The number of carbonyl (C=O) groups excluding carboxylic acids is 1. The lowest BCUT2D eigenvalue weighted by Gasteiger charge is -2.12. The minimum atomic E-state index is -0.232. The van der Waals surface area contributed by atoms with Gasteiger partial charge in [-0.3, -0.25) is 4.79 Å². The van der Waals surface area contributed by atoms with Gasteiger partial charge in [0.1, 0.15) is 12.4 Å². The van der Waals surface area contributed by atoms with Crippen LogP contribution in [0.1, 0.15) is 11.1 Å². The van der Waals surface area contributed by atoms with Crippen LogP contribution in [0.15, 0.2) is 59.7 Å². The summed E-state index contributed by atoms with van der Waals surface area (Å²) in [5, 5.41) is 8.26. The molecule has 0 heterocycles. The van der Waals surface area contributed by atoms with Gasteiger partial charge >= 0.3 is 0 Å². The van der Waals surface area contributed by atoms with Gasteiger partial charge < -0.3 is 10.1 Å². The SMILES string of the molecule is O=C(CNc1ccc(I)cc1)N/N=C/c1cc(I)c(OCc2ccc(Cl)cc2Cl)c(I)c1. The van der Waals surface area contributed by atoms with Crippen LogP contribution < -0.4 is 15.5 Å². The molecule has 0 atom stereocenters. The maximum Gasteiger partial charge on any atom is 0.259 e. The second-order valence-electron chi connectivity index (χ2n) is 6.49. The molecule has 0 aromatic heterocycles. The van der Waals surface area contributed by atoms with Crippen molar-refractivity contribution >= 4 is 109 Å². The average molecular weight is 806 g/mol. The standard InChI is InChI=1S/C22H16Cl2I3N3O2/c23-15-2-1-14(18(24)9-15)12-32-22-19(26)7-13(8-20(22)27)10-29-30-21(31)11-28-17-5-3-16(25)4-6-17/h1-10,28H,11-12H2,(H,30,31)/b29-10+. The van der Waals surface area contributed by atoms with Crippen molar-refractivity contribution < 1.29 is 9.53 Å². The van der Waals surface area contributed by atoms with Crippen molar-refractivity contribution in [3.63, 3.8) is 0 Å². The number of halogens is 5. The van der Waals surface area contributed by atoms with Crippen molar-refractivity contribution in [2.75, 3.05) is 11.9 Å². The molecule has 10 heteroatoms. The molecule has 0 spiro atoms. The summed E-state index contributed by atoms with van der Waals surface area (Å²) < 4.78 is 8.97. The first-order valence-corrected chi connectivity index (χ1v) is 13.2. The van der Waals surface area contributed by atoms with Crippen LogP contribution in [0.25, 0.3) is 0 Å². The van der Waals surface area contributed by atoms with Gasteiger partial charge in [-0.1, -0.05) is 29.3 Å². The average Bonchev–Trinajstić information content (AvgIpc) is 2.74. The summed E-state index contributed by atoms with van der Waals surface area (Å²) in [6.07, 6.45) is 1.60. The van der Waals surface area contributed by atoms with Crippen LogP contribution in [0, 0.1) is 10.7 Å². The molecule has 0 aliphatic rings. The molecule has 0 aliphatic heterocycles. The fourth-order valence-corrected chi connectivity index (χ4v) is 5.50. The highest BCUT2D eigenvalue weighted by Crippen LogP contribution is 2.30. The summed E-state index contributed by atoms with van der Waals surface area (Å²) in [6, 6.07) is 17.0. The van der Waals surface area contributed by atoms with Gasteiger partial charge in [-0.15, -0.1) is 0 Å². The van der Waals surface area contributed by atoms with Gasteiger partial charge in [-0.05, 0) is 122 Å². The Morgan fingerprint density at radius 1 is 1.00 bits per heavy atom. The summed E-state index contributed by atoms with van der Waals surface area (Å²) in [6.45, 7) is 0.464. The largest absolute Gasteiger partial charge is 0.487 e. The highest BCUT2D eigenvalue weighted by atomic mass is 127. The first-order chi connectivity index (χ1) is 15.3.